The number of nitrogens with zero attached hydrogens (tertiary/aromatic N) is 2. The van der Waals surface area contributed by atoms with Crippen molar-refractivity contribution in [3.05, 3.63) is 17.2 Å². The summed E-state index contributed by atoms with van der Waals surface area (Å²) in [4.78, 5) is 4.60. The molecule has 6 heteroatoms. The van der Waals surface area contributed by atoms with Crippen molar-refractivity contribution in [2.75, 3.05) is 18.1 Å². The first-order valence-electron chi connectivity index (χ1n) is 6.55. The van der Waals surface area contributed by atoms with Gasteiger partial charge in [-0.15, -0.1) is 0 Å². The molecule has 0 radical (unpaired) electrons. The third-order valence-corrected chi connectivity index (χ3v) is 5.13. The molecule has 0 unspecified atom stereocenters. The van der Waals surface area contributed by atoms with Gasteiger partial charge in [-0.3, -0.25) is 0 Å². The van der Waals surface area contributed by atoms with Crippen LogP contribution in [0.25, 0.3) is 0 Å². The average molecular weight is 271 g/mol. The molecule has 0 bridgehead atoms. The number of sulfone groups is 1. The third-order valence-electron chi connectivity index (χ3n) is 3.45. The summed E-state index contributed by atoms with van der Waals surface area (Å²) in [6.45, 7) is 6.05. The molecule has 0 amide bonds. The van der Waals surface area contributed by atoms with Gasteiger partial charge in [-0.2, -0.15) is 0 Å². The van der Waals surface area contributed by atoms with Crippen LogP contribution in [0.3, 0.4) is 0 Å². The molecule has 0 aliphatic carbocycles. The van der Waals surface area contributed by atoms with Gasteiger partial charge >= 0.3 is 0 Å². The number of fused-ring (bicyclic) bond motifs is 1. The van der Waals surface area contributed by atoms with Crippen LogP contribution in [-0.2, 0) is 35.8 Å². The molecular formula is C12H21N3O2S. The van der Waals surface area contributed by atoms with Crippen LogP contribution in [0.1, 0.15) is 31.1 Å². The van der Waals surface area contributed by atoms with E-state index in [2.05, 4.69) is 21.8 Å². The Hall–Kier alpha value is -0.880. The Morgan fingerprint density at radius 1 is 1.39 bits per heavy atom. The van der Waals surface area contributed by atoms with Crippen LogP contribution in [0.5, 0.6) is 0 Å². The van der Waals surface area contributed by atoms with Crippen LogP contribution in [0.15, 0.2) is 0 Å². The zero-order valence-electron chi connectivity index (χ0n) is 11.1. The second kappa shape index (κ2) is 5.40. The Balaban J connectivity index is 2.23. The first-order valence-corrected chi connectivity index (χ1v) is 8.37. The SMILES string of the molecule is CCc1nc2c(n1CCS(=O)(=O)CC)CCNC2. The van der Waals surface area contributed by atoms with Crippen molar-refractivity contribution in [1.29, 1.82) is 0 Å². The van der Waals surface area contributed by atoms with E-state index >= 15 is 0 Å². The van der Waals surface area contributed by atoms with E-state index in [4.69, 9.17) is 0 Å². The Kier molecular flexibility index (Phi) is 4.07. The summed E-state index contributed by atoms with van der Waals surface area (Å²) >= 11 is 0. The van der Waals surface area contributed by atoms with E-state index in [1.165, 1.54) is 5.69 Å². The highest BCUT2D eigenvalue weighted by Gasteiger charge is 2.19. The fourth-order valence-corrected chi connectivity index (χ4v) is 3.08. The smallest absolute Gasteiger partial charge is 0.151 e. The lowest BCUT2D eigenvalue weighted by molar-refractivity contribution is 0.573. The first-order chi connectivity index (χ1) is 8.57. The Labute approximate surface area is 109 Å². The van der Waals surface area contributed by atoms with Crippen molar-refractivity contribution in [2.24, 2.45) is 0 Å². The molecule has 0 spiro atoms. The first kappa shape index (κ1) is 13.5. The molecule has 1 N–H and O–H groups in total. The Bertz CT molecular complexity index is 520. The van der Waals surface area contributed by atoms with Gasteiger partial charge in [0.15, 0.2) is 9.84 Å². The molecule has 5 nitrogen and oxygen atoms in total. The van der Waals surface area contributed by atoms with Crippen molar-refractivity contribution in [1.82, 2.24) is 14.9 Å². The lowest BCUT2D eigenvalue weighted by atomic mass is 10.2. The molecule has 1 aromatic rings. The van der Waals surface area contributed by atoms with Gasteiger partial charge in [-0.1, -0.05) is 13.8 Å². The van der Waals surface area contributed by atoms with Crippen molar-refractivity contribution in [3.8, 4) is 0 Å². The molecule has 0 saturated heterocycles. The molecule has 0 atom stereocenters. The largest absolute Gasteiger partial charge is 0.331 e. The van der Waals surface area contributed by atoms with Gasteiger partial charge in [0.05, 0.1) is 11.4 Å². The maximum atomic E-state index is 11.6. The molecule has 0 fully saturated rings. The van der Waals surface area contributed by atoms with E-state index < -0.39 is 9.84 Å². The predicted molar refractivity (Wildman–Crippen MR) is 71.3 cm³/mol. The molecule has 2 heterocycles. The lowest BCUT2D eigenvalue weighted by Gasteiger charge is -2.16. The van der Waals surface area contributed by atoms with Gasteiger partial charge in [0, 0.05) is 43.9 Å². The highest BCUT2D eigenvalue weighted by Crippen LogP contribution is 2.17. The van der Waals surface area contributed by atoms with Crippen LogP contribution in [0.2, 0.25) is 0 Å². The minimum absolute atomic E-state index is 0.215. The average Bonchev–Trinajstić information content (AvgIpc) is 2.74. The summed E-state index contributed by atoms with van der Waals surface area (Å²) in [5, 5.41) is 3.30. The minimum Gasteiger partial charge on any atom is -0.331 e. The summed E-state index contributed by atoms with van der Waals surface area (Å²) in [5.74, 6) is 1.44. The van der Waals surface area contributed by atoms with Gasteiger partial charge in [-0.25, -0.2) is 13.4 Å². The Morgan fingerprint density at radius 3 is 2.83 bits per heavy atom. The van der Waals surface area contributed by atoms with E-state index in [0.717, 1.165) is 37.4 Å². The topological polar surface area (TPSA) is 64.0 Å². The van der Waals surface area contributed by atoms with Gasteiger partial charge < -0.3 is 9.88 Å². The van der Waals surface area contributed by atoms with E-state index in [9.17, 15) is 8.42 Å². The molecule has 1 aliphatic heterocycles. The van der Waals surface area contributed by atoms with Gasteiger partial charge in [-0.05, 0) is 0 Å². The summed E-state index contributed by atoms with van der Waals surface area (Å²) in [7, 11) is -2.91. The second-order valence-corrected chi connectivity index (χ2v) is 7.06. The second-order valence-electron chi connectivity index (χ2n) is 4.59. The highest BCUT2D eigenvalue weighted by atomic mass is 32.2. The number of aromatic nitrogens is 2. The van der Waals surface area contributed by atoms with E-state index in [0.29, 0.717) is 6.54 Å². The predicted octanol–water partition coefficient (Wildman–Crippen LogP) is 0.526. The quantitative estimate of drug-likeness (QED) is 0.848. The monoisotopic (exact) mass is 271 g/mol. The minimum atomic E-state index is -2.91. The third kappa shape index (κ3) is 2.75. The molecule has 102 valence electrons. The number of imidazole rings is 1. The molecule has 0 aromatic carbocycles. The molecular weight excluding hydrogens is 250 g/mol. The van der Waals surface area contributed by atoms with Crippen LogP contribution < -0.4 is 5.32 Å². The number of hydrogen-bond donors (Lipinski definition) is 1. The van der Waals surface area contributed by atoms with Crippen molar-refractivity contribution in [2.45, 2.75) is 39.8 Å². The van der Waals surface area contributed by atoms with Crippen LogP contribution in [0, 0.1) is 0 Å². The summed E-state index contributed by atoms with van der Waals surface area (Å²) in [5.41, 5.74) is 2.31. The van der Waals surface area contributed by atoms with E-state index in [1.54, 1.807) is 6.92 Å². The molecule has 0 saturated carbocycles. The molecule has 1 aromatic heterocycles. The fraction of sp³-hybridized carbons (Fsp3) is 0.750. The molecule has 2 rings (SSSR count). The normalized spacial score (nSPS) is 15.7. The zero-order chi connectivity index (χ0) is 13.2. The number of aryl methyl sites for hydroxylation is 1. The zero-order valence-corrected chi connectivity index (χ0v) is 11.9. The number of nitrogens with one attached hydrogen (secondary N) is 1. The molecule has 1 aliphatic rings. The summed E-state index contributed by atoms with van der Waals surface area (Å²) in [6.07, 6.45) is 1.79. The maximum absolute atomic E-state index is 11.6. The van der Waals surface area contributed by atoms with Crippen molar-refractivity contribution >= 4 is 9.84 Å². The standard InChI is InChI=1S/C12H21N3O2S/c1-3-12-14-10-9-13-6-5-11(10)15(12)7-8-18(16,17)4-2/h13H,3-9H2,1-2H3. The summed E-state index contributed by atoms with van der Waals surface area (Å²) in [6, 6.07) is 0. The highest BCUT2D eigenvalue weighted by molar-refractivity contribution is 7.91. The van der Waals surface area contributed by atoms with Crippen molar-refractivity contribution in [3.63, 3.8) is 0 Å². The van der Waals surface area contributed by atoms with E-state index in [1.807, 2.05) is 0 Å². The maximum Gasteiger partial charge on any atom is 0.151 e. The lowest BCUT2D eigenvalue weighted by Crippen LogP contribution is -2.26. The van der Waals surface area contributed by atoms with Gasteiger partial charge in [0.25, 0.3) is 0 Å². The van der Waals surface area contributed by atoms with Crippen LogP contribution in [0.4, 0.5) is 0 Å². The number of hydrogen-bond acceptors (Lipinski definition) is 4. The van der Waals surface area contributed by atoms with Crippen LogP contribution in [-0.4, -0.2) is 36.0 Å². The fourth-order valence-electron chi connectivity index (χ4n) is 2.34. The Morgan fingerprint density at radius 2 is 2.17 bits per heavy atom. The molecule has 18 heavy (non-hydrogen) atoms. The summed E-state index contributed by atoms with van der Waals surface area (Å²) < 4.78 is 25.3. The van der Waals surface area contributed by atoms with Crippen molar-refractivity contribution < 1.29 is 8.42 Å². The van der Waals surface area contributed by atoms with Gasteiger partial charge in [0.2, 0.25) is 0 Å². The van der Waals surface area contributed by atoms with E-state index in [-0.39, 0.29) is 11.5 Å². The number of rotatable bonds is 5. The van der Waals surface area contributed by atoms with Gasteiger partial charge in [0.1, 0.15) is 5.82 Å². The van der Waals surface area contributed by atoms with Crippen LogP contribution >= 0.6 is 0 Å².